The lowest BCUT2D eigenvalue weighted by Crippen LogP contribution is -2.24. The van der Waals surface area contributed by atoms with Crippen LogP contribution in [0.1, 0.15) is 12.0 Å². The molecule has 0 saturated carbocycles. The van der Waals surface area contributed by atoms with Gasteiger partial charge in [-0.3, -0.25) is 4.79 Å². The van der Waals surface area contributed by atoms with Crippen LogP contribution in [0.3, 0.4) is 0 Å². The zero-order valence-corrected chi connectivity index (χ0v) is 9.35. The van der Waals surface area contributed by atoms with E-state index < -0.39 is 0 Å². The third kappa shape index (κ3) is 2.10. The molecule has 4 heteroatoms. The van der Waals surface area contributed by atoms with Crippen LogP contribution in [0.5, 0.6) is 0 Å². The topological polar surface area (TPSA) is 20.3 Å². The van der Waals surface area contributed by atoms with Crippen LogP contribution in [0.15, 0.2) is 16.8 Å². The van der Waals surface area contributed by atoms with Crippen molar-refractivity contribution in [1.82, 2.24) is 4.90 Å². The first-order valence-corrected chi connectivity index (χ1v) is 6.12. The molecule has 1 atom stereocenters. The summed E-state index contributed by atoms with van der Waals surface area (Å²) < 4.78 is 0. The second kappa shape index (κ2) is 4.32. The Hall–Kier alpha value is -0.540. The van der Waals surface area contributed by atoms with E-state index in [2.05, 4.69) is 11.4 Å². The Morgan fingerprint density at radius 3 is 3.07 bits per heavy atom. The summed E-state index contributed by atoms with van der Waals surface area (Å²) in [6.45, 7) is 1.56. The maximum atomic E-state index is 11.5. The zero-order valence-electron chi connectivity index (χ0n) is 7.78. The number of hydrogen-bond acceptors (Lipinski definition) is 2. The number of hydrogen-bond donors (Lipinski definition) is 0. The average molecular weight is 230 g/mol. The van der Waals surface area contributed by atoms with Gasteiger partial charge in [0.1, 0.15) is 0 Å². The van der Waals surface area contributed by atoms with Crippen LogP contribution in [0.25, 0.3) is 0 Å². The van der Waals surface area contributed by atoms with Gasteiger partial charge in [0.15, 0.2) is 0 Å². The Morgan fingerprint density at radius 1 is 1.64 bits per heavy atom. The molecule has 0 bridgehead atoms. The average Bonchev–Trinajstić information content (AvgIpc) is 2.78. The monoisotopic (exact) mass is 229 g/mol. The molecule has 1 fully saturated rings. The summed E-state index contributed by atoms with van der Waals surface area (Å²) in [5, 5.41) is 4.12. The Labute approximate surface area is 92.5 Å². The molecular weight excluding hydrogens is 218 g/mol. The van der Waals surface area contributed by atoms with Crippen molar-refractivity contribution in [3.8, 4) is 0 Å². The number of carbonyl (C=O) groups is 1. The van der Waals surface area contributed by atoms with E-state index >= 15 is 0 Å². The highest BCUT2D eigenvalue weighted by Crippen LogP contribution is 2.21. The van der Waals surface area contributed by atoms with Gasteiger partial charge in [0.25, 0.3) is 0 Å². The summed E-state index contributed by atoms with van der Waals surface area (Å²) in [5.74, 6) is 1.18. The summed E-state index contributed by atoms with van der Waals surface area (Å²) in [6, 6.07) is 2.06. The minimum atomic E-state index is 0.238. The fraction of sp³-hybridized carbons (Fsp3) is 0.500. The molecule has 1 aromatic heterocycles. The van der Waals surface area contributed by atoms with Crippen LogP contribution < -0.4 is 0 Å². The van der Waals surface area contributed by atoms with E-state index in [0.29, 0.717) is 18.2 Å². The summed E-state index contributed by atoms with van der Waals surface area (Å²) in [7, 11) is 0. The second-order valence-electron chi connectivity index (χ2n) is 3.63. The quantitative estimate of drug-likeness (QED) is 0.729. The Morgan fingerprint density at radius 2 is 2.50 bits per heavy atom. The molecule has 0 N–H and O–H groups in total. The normalized spacial score (nSPS) is 21.9. The van der Waals surface area contributed by atoms with E-state index in [-0.39, 0.29) is 5.91 Å². The molecule has 1 unspecified atom stereocenters. The lowest BCUT2D eigenvalue weighted by molar-refractivity contribution is -0.128. The van der Waals surface area contributed by atoms with Crippen molar-refractivity contribution in [2.24, 2.45) is 5.92 Å². The number of amides is 1. The highest BCUT2D eigenvalue weighted by molar-refractivity contribution is 7.07. The standard InChI is InChI=1S/C10H12ClNOS/c11-4-9-3-10(13)12(6-9)5-8-1-2-14-7-8/h1-2,7,9H,3-6H2. The Balaban J connectivity index is 1.96. The first-order chi connectivity index (χ1) is 6.79. The summed E-state index contributed by atoms with van der Waals surface area (Å²) in [4.78, 5) is 13.4. The number of carbonyl (C=O) groups excluding carboxylic acids is 1. The van der Waals surface area contributed by atoms with Gasteiger partial charge in [-0.05, 0) is 28.3 Å². The van der Waals surface area contributed by atoms with Gasteiger partial charge in [-0.1, -0.05) is 0 Å². The SMILES string of the molecule is O=C1CC(CCl)CN1Cc1ccsc1. The summed E-state index contributed by atoms with van der Waals surface area (Å²) in [6.07, 6.45) is 0.619. The largest absolute Gasteiger partial charge is 0.338 e. The second-order valence-corrected chi connectivity index (χ2v) is 4.72. The minimum absolute atomic E-state index is 0.238. The van der Waals surface area contributed by atoms with Crippen molar-refractivity contribution < 1.29 is 4.79 Å². The predicted molar refractivity (Wildman–Crippen MR) is 58.6 cm³/mol. The van der Waals surface area contributed by atoms with Crippen LogP contribution >= 0.6 is 22.9 Å². The van der Waals surface area contributed by atoms with Crippen molar-refractivity contribution in [2.75, 3.05) is 12.4 Å². The molecule has 2 heterocycles. The number of alkyl halides is 1. The van der Waals surface area contributed by atoms with E-state index in [1.54, 1.807) is 11.3 Å². The molecule has 1 saturated heterocycles. The molecule has 2 rings (SSSR count). The van der Waals surface area contributed by atoms with Gasteiger partial charge < -0.3 is 4.90 Å². The lowest BCUT2D eigenvalue weighted by atomic mass is 10.1. The number of likely N-dealkylation sites (tertiary alicyclic amines) is 1. The maximum absolute atomic E-state index is 11.5. The van der Waals surface area contributed by atoms with Crippen molar-refractivity contribution in [3.63, 3.8) is 0 Å². The van der Waals surface area contributed by atoms with Crippen LogP contribution in [0.4, 0.5) is 0 Å². The first-order valence-electron chi connectivity index (χ1n) is 4.64. The Bertz CT molecular complexity index is 312. The van der Waals surface area contributed by atoms with Crippen LogP contribution in [0.2, 0.25) is 0 Å². The van der Waals surface area contributed by atoms with E-state index in [9.17, 15) is 4.79 Å². The molecule has 1 aromatic rings. The van der Waals surface area contributed by atoms with Gasteiger partial charge in [0.2, 0.25) is 5.91 Å². The minimum Gasteiger partial charge on any atom is -0.338 e. The molecule has 76 valence electrons. The molecule has 14 heavy (non-hydrogen) atoms. The van der Waals surface area contributed by atoms with Gasteiger partial charge in [0, 0.05) is 25.4 Å². The third-order valence-corrected chi connectivity index (χ3v) is 3.63. The summed E-state index contributed by atoms with van der Waals surface area (Å²) >= 11 is 7.41. The fourth-order valence-electron chi connectivity index (χ4n) is 1.71. The van der Waals surface area contributed by atoms with Gasteiger partial charge in [-0.25, -0.2) is 0 Å². The number of nitrogens with zero attached hydrogens (tertiary/aromatic N) is 1. The van der Waals surface area contributed by atoms with Crippen LogP contribution in [0, 0.1) is 5.92 Å². The lowest BCUT2D eigenvalue weighted by Gasteiger charge is -2.14. The van der Waals surface area contributed by atoms with E-state index in [0.717, 1.165) is 13.1 Å². The molecule has 0 radical (unpaired) electrons. The first kappa shape index (κ1) is 9.99. The van der Waals surface area contributed by atoms with Gasteiger partial charge in [-0.15, -0.1) is 11.6 Å². The van der Waals surface area contributed by atoms with Crippen molar-refractivity contribution in [1.29, 1.82) is 0 Å². The number of rotatable bonds is 3. The van der Waals surface area contributed by atoms with Gasteiger partial charge >= 0.3 is 0 Å². The molecule has 1 amide bonds. The van der Waals surface area contributed by atoms with E-state index in [1.165, 1.54) is 5.56 Å². The number of thiophene rings is 1. The van der Waals surface area contributed by atoms with Crippen LogP contribution in [-0.4, -0.2) is 23.2 Å². The molecule has 2 nitrogen and oxygen atoms in total. The molecule has 0 aliphatic carbocycles. The molecule has 0 spiro atoms. The Kier molecular flexibility index (Phi) is 3.08. The van der Waals surface area contributed by atoms with Crippen molar-refractivity contribution in [3.05, 3.63) is 22.4 Å². The predicted octanol–water partition coefficient (Wildman–Crippen LogP) is 2.34. The fourth-order valence-corrected chi connectivity index (χ4v) is 2.58. The van der Waals surface area contributed by atoms with Crippen molar-refractivity contribution in [2.45, 2.75) is 13.0 Å². The highest BCUT2D eigenvalue weighted by atomic mass is 35.5. The van der Waals surface area contributed by atoms with Crippen molar-refractivity contribution >= 4 is 28.8 Å². The van der Waals surface area contributed by atoms with Gasteiger partial charge in [-0.2, -0.15) is 11.3 Å². The van der Waals surface area contributed by atoms with Gasteiger partial charge in [0.05, 0.1) is 0 Å². The maximum Gasteiger partial charge on any atom is 0.223 e. The van der Waals surface area contributed by atoms with Crippen LogP contribution in [-0.2, 0) is 11.3 Å². The zero-order chi connectivity index (χ0) is 9.97. The highest BCUT2D eigenvalue weighted by Gasteiger charge is 2.28. The molecule has 0 aromatic carbocycles. The molecular formula is C10H12ClNOS. The van der Waals surface area contributed by atoms with E-state index in [4.69, 9.17) is 11.6 Å². The number of halogens is 1. The molecule has 1 aliphatic heterocycles. The smallest absolute Gasteiger partial charge is 0.223 e. The summed E-state index contributed by atoms with van der Waals surface area (Å²) in [5.41, 5.74) is 1.22. The third-order valence-electron chi connectivity index (χ3n) is 2.47. The molecule has 1 aliphatic rings. The van der Waals surface area contributed by atoms with E-state index in [1.807, 2.05) is 10.3 Å².